The van der Waals surface area contributed by atoms with Crippen LogP contribution in [0.5, 0.6) is 0 Å². The molecule has 0 aliphatic carbocycles. The maximum atomic E-state index is 10.4. The fourth-order valence-corrected chi connectivity index (χ4v) is 0.452. The third-order valence-corrected chi connectivity index (χ3v) is 1.51. The molecule has 0 bridgehead atoms. The van der Waals surface area contributed by atoms with Gasteiger partial charge in [-0.15, -0.1) is 12.6 Å². The van der Waals surface area contributed by atoms with Crippen LogP contribution in [0, 0.1) is 0 Å². The van der Waals surface area contributed by atoms with Crippen LogP contribution in [0.2, 0.25) is 0 Å². The van der Waals surface area contributed by atoms with E-state index in [1.807, 2.05) is 25.9 Å². The normalized spacial score (nSPS) is 14.1. The lowest BCUT2D eigenvalue weighted by Gasteiger charge is -2.14. The Bertz CT molecular complexity index is 92.4. The van der Waals surface area contributed by atoms with Crippen LogP contribution in [-0.4, -0.2) is 30.2 Å². The first-order chi connectivity index (χ1) is 3.55. The lowest BCUT2D eigenvalue weighted by molar-refractivity contribution is -0.114. The summed E-state index contributed by atoms with van der Waals surface area (Å²) in [4.78, 5) is 12.2. The van der Waals surface area contributed by atoms with Gasteiger partial charge in [0.05, 0.1) is 6.04 Å². The van der Waals surface area contributed by atoms with E-state index in [4.69, 9.17) is 0 Å². The van der Waals surface area contributed by atoms with E-state index < -0.39 is 0 Å². The maximum Gasteiger partial charge on any atom is 0.202 e. The van der Waals surface area contributed by atoms with Gasteiger partial charge in [0.15, 0.2) is 0 Å². The van der Waals surface area contributed by atoms with E-state index in [0.717, 1.165) is 0 Å². The van der Waals surface area contributed by atoms with Crippen molar-refractivity contribution in [2.24, 2.45) is 0 Å². The monoisotopic (exact) mass is 133 g/mol. The molecule has 0 aromatic rings. The Morgan fingerprint density at radius 1 is 1.62 bits per heavy atom. The fourth-order valence-electron chi connectivity index (χ4n) is 0.221. The summed E-state index contributed by atoms with van der Waals surface area (Å²) in [7, 11) is 3.69. The summed E-state index contributed by atoms with van der Waals surface area (Å²) in [5.41, 5.74) is 0. The standard InChI is InChI=1S/C5H11NOS/c1-4(5(7)8)6(2)3/h4H,1-3H3,(H,7,8)/t4-/m0/s1. The zero-order valence-electron chi connectivity index (χ0n) is 5.38. The molecule has 1 atom stereocenters. The average Bonchev–Trinajstić information content (AvgIpc) is 1.64. The van der Waals surface area contributed by atoms with E-state index in [0.29, 0.717) is 0 Å². The van der Waals surface area contributed by atoms with E-state index in [9.17, 15) is 4.79 Å². The Kier molecular flexibility index (Phi) is 3.09. The van der Waals surface area contributed by atoms with Crippen LogP contribution in [0.4, 0.5) is 0 Å². The molecule has 0 saturated carbocycles. The summed E-state index contributed by atoms with van der Waals surface area (Å²) in [6.07, 6.45) is 0. The number of thiol groups is 1. The Balaban J connectivity index is 3.64. The van der Waals surface area contributed by atoms with Crippen LogP contribution in [0.1, 0.15) is 6.92 Å². The van der Waals surface area contributed by atoms with E-state index in [1.165, 1.54) is 0 Å². The van der Waals surface area contributed by atoms with Gasteiger partial charge in [0, 0.05) is 0 Å². The Labute approximate surface area is 55.3 Å². The topological polar surface area (TPSA) is 20.3 Å². The largest absolute Gasteiger partial charge is 0.299 e. The molecular weight excluding hydrogens is 122 g/mol. The van der Waals surface area contributed by atoms with Crippen molar-refractivity contribution in [3.63, 3.8) is 0 Å². The predicted octanol–water partition coefficient (Wildman–Crippen LogP) is 0.393. The lowest BCUT2D eigenvalue weighted by atomic mass is 10.3. The van der Waals surface area contributed by atoms with Crippen LogP contribution in [0.25, 0.3) is 0 Å². The van der Waals surface area contributed by atoms with Crippen molar-refractivity contribution < 1.29 is 4.79 Å². The fraction of sp³-hybridized carbons (Fsp3) is 0.800. The zero-order valence-corrected chi connectivity index (χ0v) is 6.27. The minimum Gasteiger partial charge on any atom is -0.299 e. The third-order valence-electron chi connectivity index (χ3n) is 1.13. The average molecular weight is 133 g/mol. The van der Waals surface area contributed by atoms with Crippen LogP contribution < -0.4 is 0 Å². The van der Waals surface area contributed by atoms with Crippen molar-refractivity contribution >= 4 is 17.7 Å². The summed E-state index contributed by atoms with van der Waals surface area (Å²) in [5, 5.41) is -0.0880. The van der Waals surface area contributed by atoms with Gasteiger partial charge in [-0.05, 0) is 21.0 Å². The molecule has 0 aromatic carbocycles. The Morgan fingerprint density at radius 2 is 2.00 bits per heavy atom. The summed E-state index contributed by atoms with van der Waals surface area (Å²) in [6, 6.07) is -0.0710. The predicted molar refractivity (Wildman–Crippen MR) is 37.1 cm³/mol. The summed E-state index contributed by atoms with van der Waals surface area (Å²) in [5.74, 6) is 0. The molecule has 0 fully saturated rings. The summed E-state index contributed by atoms with van der Waals surface area (Å²) >= 11 is 3.65. The highest BCUT2D eigenvalue weighted by molar-refractivity contribution is 7.96. The van der Waals surface area contributed by atoms with Crippen LogP contribution in [0.3, 0.4) is 0 Å². The first-order valence-corrected chi connectivity index (χ1v) is 2.89. The van der Waals surface area contributed by atoms with Gasteiger partial charge in [0.2, 0.25) is 5.12 Å². The maximum absolute atomic E-state index is 10.4. The van der Waals surface area contributed by atoms with Crippen molar-refractivity contribution in [1.82, 2.24) is 4.90 Å². The number of hydrogen-bond acceptors (Lipinski definition) is 2. The highest BCUT2D eigenvalue weighted by Crippen LogP contribution is 1.94. The molecule has 0 unspecified atom stereocenters. The first-order valence-electron chi connectivity index (χ1n) is 2.45. The van der Waals surface area contributed by atoms with Crippen LogP contribution in [0.15, 0.2) is 0 Å². The Hall–Kier alpha value is -0.0200. The molecule has 2 nitrogen and oxygen atoms in total. The molecule has 8 heavy (non-hydrogen) atoms. The van der Waals surface area contributed by atoms with Gasteiger partial charge in [-0.1, -0.05) is 0 Å². The molecule has 0 saturated heterocycles. The molecule has 0 N–H and O–H groups in total. The van der Waals surface area contributed by atoms with Gasteiger partial charge in [0.1, 0.15) is 0 Å². The molecule has 0 aromatic heterocycles. The van der Waals surface area contributed by atoms with Crippen LogP contribution in [-0.2, 0) is 4.79 Å². The first kappa shape index (κ1) is 7.98. The molecule has 0 aliphatic rings. The number of carbonyl (C=O) groups is 1. The highest BCUT2D eigenvalue weighted by atomic mass is 32.1. The highest BCUT2D eigenvalue weighted by Gasteiger charge is 2.08. The molecule has 48 valence electrons. The quantitative estimate of drug-likeness (QED) is 0.550. The summed E-state index contributed by atoms with van der Waals surface area (Å²) in [6.45, 7) is 1.81. The molecule has 0 spiro atoms. The van der Waals surface area contributed by atoms with Crippen LogP contribution >= 0.6 is 12.6 Å². The molecule has 0 rings (SSSR count). The Morgan fingerprint density at radius 3 is 2.00 bits per heavy atom. The molecular formula is C5H11NOS. The lowest BCUT2D eigenvalue weighted by Crippen LogP contribution is -2.29. The number of likely N-dealkylation sites (N-methyl/N-ethyl adjacent to an activating group) is 1. The second-order valence-corrected chi connectivity index (χ2v) is 2.42. The minimum absolute atomic E-state index is 0.0710. The van der Waals surface area contributed by atoms with E-state index >= 15 is 0 Å². The number of nitrogens with zero attached hydrogens (tertiary/aromatic N) is 1. The van der Waals surface area contributed by atoms with E-state index in [-0.39, 0.29) is 11.2 Å². The van der Waals surface area contributed by atoms with Gasteiger partial charge >= 0.3 is 0 Å². The molecule has 0 amide bonds. The summed E-state index contributed by atoms with van der Waals surface area (Å²) < 4.78 is 0. The van der Waals surface area contributed by atoms with Crippen molar-refractivity contribution in [3.8, 4) is 0 Å². The molecule has 0 aliphatic heterocycles. The van der Waals surface area contributed by atoms with Crippen molar-refractivity contribution in [3.05, 3.63) is 0 Å². The van der Waals surface area contributed by atoms with Crippen molar-refractivity contribution in [2.75, 3.05) is 14.1 Å². The second-order valence-electron chi connectivity index (χ2n) is 1.98. The number of rotatable bonds is 2. The van der Waals surface area contributed by atoms with Gasteiger partial charge in [-0.2, -0.15) is 0 Å². The zero-order chi connectivity index (χ0) is 6.73. The molecule has 0 heterocycles. The van der Waals surface area contributed by atoms with E-state index in [1.54, 1.807) is 0 Å². The second kappa shape index (κ2) is 3.10. The minimum atomic E-state index is -0.0880. The van der Waals surface area contributed by atoms with Crippen molar-refractivity contribution in [1.29, 1.82) is 0 Å². The van der Waals surface area contributed by atoms with Crippen molar-refractivity contribution in [2.45, 2.75) is 13.0 Å². The molecule has 3 heteroatoms. The molecule has 0 radical (unpaired) electrons. The third kappa shape index (κ3) is 2.33. The number of hydrogen-bond donors (Lipinski definition) is 1. The van der Waals surface area contributed by atoms with Gasteiger partial charge in [0.25, 0.3) is 0 Å². The number of carbonyl (C=O) groups excluding carboxylic acids is 1. The van der Waals surface area contributed by atoms with Gasteiger partial charge < -0.3 is 0 Å². The van der Waals surface area contributed by atoms with Gasteiger partial charge in [-0.3, -0.25) is 9.69 Å². The SMILES string of the molecule is C[C@@H](C(=O)S)N(C)C. The van der Waals surface area contributed by atoms with Gasteiger partial charge in [-0.25, -0.2) is 0 Å². The van der Waals surface area contributed by atoms with E-state index in [2.05, 4.69) is 12.6 Å². The smallest absolute Gasteiger partial charge is 0.202 e.